The zero-order valence-corrected chi connectivity index (χ0v) is 39.3. The first-order chi connectivity index (χ1) is 28.3. The van der Waals surface area contributed by atoms with Crippen molar-refractivity contribution in [3.05, 3.63) is 30.7 Å². The summed E-state index contributed by atoms with van der Waals surface area (Å²) >= 11 is 0. The average molecular weight is 796 g/mol. The van der Waals surface area contributed by atoms with Crippen molar-refractivity contribution in [3.8, 4) is 11.5 Å². The minimum absolute atomic E-state index is 0.793. The molecule has 0 amide bonds. The van der Waals surface area contributed by atoms with Gasteiger partial charge in [0.2, 0.25) is 0 Å². The maximum Gasteiger partial charge on any atom is 0.123 e. The van der Waals surface area contributed by atoms with Gasteiger partial charge in [0.25, 0.3) is 0 Å². The molecule has 0 aliphatic carbocycles. The molecule has 0 heterocycles. The van der Waals surface area contributed by atoms with E-state index in [2.05, 4.69) is 26.8 Å². The first kappa shape index (κ1) is 53.8. The Morgan fingerprint density at radius 3 is 0.632 bits per heavy atom. The van der Waals surface area contributed by atoms with Gasteiger partial charge in [-0.15, -0.1) is 0 Å². The summed E-state index contributed by atoms with van der Waals surface area (Å²) in [6.45, 7) is 10.4. The standard InChI is InChI=1S/C55H103O2/c1-4-6-8-10-12-14-16-18-20-22-24-26-28-30-32-34-36-38-40-42-44-46-48-56-54-50-53(3)51-55(52-54)57-49-47-45-43-41-39-37-35-33-31-29-27-25-23-21-19-17-15-13-11-9-7-5-2/h50-52H,3-49H2,1-2H3. The molecule has 2 nitrogen and oxygen atoms in total. The van der Waals surface area contributed by atoms with Gasteiger partial charge in [-0.05, 0) is 37.5 Å². The molecule has 0 unspecified atom stereocenters. The van der Waals surface area contributed by atoms with Crippen LogP contribution in [0.4, 0.5) is 0 Å². The summed E-state index contributed by atoms with van der Waals surface area (Å²) in [5, 5.41) is 0. The van der Waals surface area contributed by atoms with Crippen molar-refractivity contribution in [1.29, 1.82) is 0 Å². The Kier molecular flexibility index (Phi) is 43.4. The van der Waals surface area contributed by atoms with E-state index in [1.54, 1.807) is 0 Å². The maximum absolute atomic E-state index is 6.11. The van der Waals surface area contributed by atoms with Crippen LogP contribution in [0.2, 0.25) is 0 Å². The Labute approximate surface area is 360 Å². The van der Waals surface area contributed by atoms with Gasteiger partial charge in [0.15, 0.2) is 0 Å². The third-order valence-corrected chi connectivity index (χ3v) is 12.5. The van der Waals surface area contributed by atoms with Crippen LogP contribution in [0.1, 0.15) is 302 Å². The van der Waals surface area contributed by atoms with Crippen LogP contribution < -0.4 is 9.47 Å². The lowest BCUT2D eigenvalue weighted by molar-refractivity contribution is 0.289. The fraction of sp³-hybridized carbons (Fsp3) is 0.873. The number of hydrogen-bond acceptors (Lipinski definition) is 2. The number of unbranched alkanes of at least 4 members (excludes halogenated alkanes) is 42. The van der Waals surface area contributed by atoms with Crippen molar-refractivity contribution < 1.29 is 9.47 Å². The zero-order valence-electron chi connectivity index (χ0n) is 39.3. The van der Waals surface area contributed by atoms with Crippen LogP contribution >= 0.6 is 0 Å². The number of rotatable bonds is 48. The topological polar surface area (TPSA) is 18.5 Å². The van der Waals surface area contributed by atoms with Crippen molar-refractivity contribution >= 4 is 0 Å². The fourth-order valence-corrected chi connectivity index (χ4v) is 8.60. The summed E-state index contributed by atoms with van der Waals surface area (Å²) in [4.78, 5) is 0. The van der Waals surface area contributed by atoms with Crippen LogP contribution in [0.15, 0.2) is 18.2 Å². The Bertz CT molecular complexity index is 826. The Morgan fingerprint density at radius 1 is 0.263 bits per heavy atom. The molecule has 0 aromatic heterocycles. The molecule has 0 fully saturated rings. The third-order valence-electron chi connectivity index (χ3n) is 12.5. The van der Waals surface area contributed by atoms with E-state index in [0.29, 0.717) is 0 Å². The molecule has 335 valence electrons. The monoisotopic (exact) mass is 796 g/mol. The van der Waals surface area contributed by atoms with Crippen LogP contribution in [-0.4, -0.2) is 13.2 Å². The van der Waals surface area contributed by atoms with Crippen molar-refractivity contribution in [2.24, 2.45) is 0 Å². The smallest absolute Gasteiger partial charge is 0.123 e. The highest BCUT2D eigenvalue weighted by atomic mass is 16.5. The molecule has 1 aromatic rings. The van der Waals surface area contributed by atoms with Crippen LogP contribution in [-0.2, 0) is 0 Å². The second-order valence-electron chi connectivity index (χ2n) is 18.4. The Balaban J connectivity index is 1.82. The van der Waals surface area contributed by atoms with Gasteiger partial charge < -0.3 is 9.47 Å². The molecule has 0 bridgehead atoms. The molecule has 0 saturated carbocycles. The quantitative estimate of drug-likeness (QED) is 0.0612. The van der Waals surface area contributed by atoms with E-state index in [9.17, 15) is 0 Å². The summed E-state index contributed by atoms with van der Waals surface area (Å²) in [6, 6.07) is 6.15. The van der Waals surface area contributed by atoms with Gasteiger partial charge in [-0.2, -0.15) is 0 Å². The lowest BCUT2D eigenvalue weighted by Crippen LogP contribution is -2.00. The van der Waals surface area contributed by atoms with Crippen molar-refractivity contribution in [2.45, 2.75) is 296 Å². The average Bonchev–Trinajstić information content (AvgIpc) is 3.21. The maximum atomic E-state index is 6.11. The van der Waals surface area contributed by atoms with Gasteiger partial charge in [0.05, 0.1) is 13.2 Å². The Hall–Kier alpha value is -1.18. The third kappa shape index (κ3) is 41.3. The van der Waals surface area contributed by atoms with E-state index in [1.807, 2.05) is 12.1 Å². The van der Waals surface area contributed by atoms with Crippen molar-refractivity contribution in [2.75, 3.05) is 13.2 Å². The van der Waals surface area contributed by atoms with Gasteiger partial charge in [-0.3, -0.25) is 0 Å². The lowest BCUT2D eigenvalue weighted by atomic mass is 10.0. The van der Waals surface area contributed by atoms with Gasteiger partial charge in [-0.25, -0.2) is 0 Å². The molecule has 0 N–H and O–H groups in total. The minimum Gasteiger partial charge on any atom is -0.493 e. The number of hydrogen-bond donors (Lipinski definition) is 0. The summed E-state index contributed by atoms with van der Waals surface area (Å²) in [5.74, 6) is 1.82. The van der Waals surface area contributed by atoms with E-state index in [4.69, 9.17) is 9.47 Å². The number of ether oxygens (including phenoxy) is 2. The molecule has 0 saturated heterocycles. The largest absolute Gasteiger partial charge is 0.493 e. The highest BCUT2D eigenvalue weighted by molar-refractivity contribution is 5.39. The van der Waals surface area contributed by atoms with E-state index in [1.165, 1.54) is 270 Å². The molecular weight excluding hydrogens is 693 g/mol. The molecule has 0 aliphatic rings. The Morgan fingerprint density at radius 2 is 0.439 bits per heavy atom. The SMILES string of the molecule is [CH2]c1cc(OCCCCCCCCCCCCCCCCCCCCCCCC)cc(OCCCCCCCCCCCCCCCCCCCCCCCC)c1. The van der Waals surface area contributed by atoms with Gasteiger partial charge >= 0.3 is 0 Å². The fourth-order valence-electron chi connectivity index (χ4n) is 8.60. The molecule has 1 radical (unpaired) electrons. The molecule has 0 spiro atoms. The van der Waals surface area contributed by atoms with Crippen LogP contribution in [0.5, 0.6) is 11.5 Å². The molecule has 1 aromatic carbocycles. The normalized spacial score (nSPS) is 11.5. The summed E-state index contributed by atoms with van der Waals surface area (Å²) in [5.41, 5.74) is 0.977. The van der Waals surface area contributed by atoms with Gasteiger partial charge in [0.1, 0.15) is 11.5 Å². The van der Waals surface area contributed by atoms with Crippen LogP contribution in [0.25, 0.3) is 0 Å². The van der Waals surface area contributed by atoms with Gasteiger partial charge in [0, 0.05) is 6.07 Å². The first-order valence-electron chi connectivity index (χ1n) is 26.5. The predicted octanol–water partition coefficient (Wildman–Crippen LogP) is 19.8. The molecular formula is C55H103O2. The first-order valence-corrected chi connectivity index (χ1v) is 26.5. The number of benzene rings is 1. The second kappa shape index (κ2) is 45.9. The molecule has 1 rings (SSSR count). The second-order valence-corrected chi connectivity index (χ2v) is 18.4. The molecule has 2 heteroatoms. The highest BCUT2D eigenvalue weighted by Gasteiger charge is 2.03. The van der Waals surface area contributed by atoms with Crippen molar-refractivity contribution in [3.63, 3.8) is 0 Å². The highest BCUT2D eigenvalue weighted by Crippen LogP contribution is 2.24. The van der Waals surface area contributed by atoms with E-state index < -0.39 is 0 Å². The van der Waals surface area contributed by atoms with E-state index in [0.717, 1.165) is 43.1 Å². The van der Waals surface area contributed by atoms with E-state index >= 15 is 0 Å². The summed E-state index contributed by atoms with van der Waals surface area (Å²) < 4.78 is 12.2. The summed E-state index contributed by atoms with van der Waals surface area (Å²) in [6.07, 6.45) is 62.5. The minimum atomic E-state index is 0.793. The molecule has 0 atom stereocenters. The summed E-state index contributed by atoms with van der Waals surface area (Å²) in [7, 11) is 0. The van der Waals surface area contributed by atoms with Crippen LogP contribution in [0.3, 0.4) is 0 Å². The van der Waals surface area contributed by atoms with E-state index in [-0.39, 0.29) is 0 Å². The van der Waals surface area contributed by atoms with Crippen molar-refractivity contribution in [1.82, 2.24) is 0 Å². The molecule has 57 heavy (non-hydrogen) atoms. The zero-order chi connectivity index (χ0) is 40.8. The predicted molar refractivity (Wildman–Crippen MR) is 256 cm³/mol. The van der Waals surface area contributed by atoms with Gasteiger partial charge in [-0.1, -0.05) is 284 Å². The van der Waals surface area contributed by atoms with Crippen LogP contribution in [0, 0.1) is 6.92 Å². The lowest BCUT2D eigenvalue weighted by Gasteiger charge is -2.11. The molecule has 0 aliphatic heterocycles.